The SMILES string of the molecule is O=C(Nc1ccc2nccnc2c1)[C@@H]1CCCNC1. The lowest BCUT2D eigenvalue weighted by Gasteiger charge is -2.21. The summed E-state index contributed by atoms with van der Waals surface area (Å²) in [7, 11) is 0. The molecule has 2 aromatic rings. The number of hydrogen-bond donors (Lipinski definition) is 2. The monoisotopic (exact) mass is 256 g/mol. The molecule has 2 N–H and O–H groups in total. The second-order valence-corrected chi connectivity index (χ2v) is 4.79. The number of nitrogens with zero attached hydrogens (tertiary/aromatic N) is 2. The van der Waals surface area contributed by atoms with Crippen molar-refractivity contribution in [1.29, 1.82) is 0 Å². The van der Waals surface area contributed by atoms with E-state index in [1.807, 2.05) is 18.2 Å². The fourth-order valence-corrected chi connectivity index (χ4v) is 2.36. The van der Waals surface area contributed by atoms with Crippen LogP contribution in [0.1, 0.15) is 12.8 Å². The smallest absolute Gasteiger partial charge is 0.228 e. The number of carbonyl (C=O) groups excluding carboxylic acids is 1. The van der Waals surface area contributed by atoms with Crippen LogP contribution in [0.15, 0.2) is 30.6 Å². The Balaban J connectivity index is 1.75. The molecule has 5 nitrogen and oxygen atoms in total. The van der Waals surface area contributed by atoms with Crippen LogP contribution in [0, 0.1) is 5.92 Å². The van der Waals surface area contributed by atoms with Crippen LogP contribution < -0.4 is 10.6 Å². The van der Waals surface area contributed by atoms with E-state index in [-0.39, 0.29) is 11.8 Å². The Hall–Kier alpha value is -2.01. The van der Waals surface area contributed by atoms with Crippen LogP contribution in [0.2, 0.25) is 0 Å². The van der Waals surface area contributed by atoms with Gasteiger partial charge in [-0.15, -0.1) is 0 Å². The minimum atomic E-state index is 0.0614. The Morgan fingerprint density at radius 3 is 2.89 bits per heavy atom. The van der Waals surface area contributed by atoms with Gasteiger partial charge in [0.1, 0.15) is 0 Å². The van der Waals surface area contributed by atoms with Gasteiger partial charge in [-0.3, -0.25) is 14.8 Å². The lowest BCUT2D eigenvalue weighted by molar-refractivity contribution is -0.120. The minimum Gasteiger partial charge on any atom is -0.326 e. The van der Waals surface area contributed by atoms with E-state index in [4.69, 9.17) is 0 Å². The fourth-order valence-electron chi connectivity index (χ4n) is 2.36. The van der Waals surface area contributed by atoms with Crippen LogP contribution in [-0.2, 0) is 4.79 Å². The minimum absolute atomic E-state index is 0.0614. The maximum atomic E-state index is 12.1. The summed E-state index contributed by atoms with van der Waals surface area (Å²) < 4.78 is 0. The summed E-state index contributed by atoms with van der Waals surface area (Å²) in [6.45, 7) is 1.77. The van der Waals surface area contributed by atoms with Gasteiger partial charge in [0.25, 0.3) is 0 Å². The first kappa shape index (κ1) is 12.0. The first-order chi connectivity index (χ1) is 9.33. The van der Waals surface area contributed by atoms with Crippen molar-refractivity contribution in [2.24, 2.45) is 5.92 Å². The van der Waals surface area contributed by atoms with Gasteiger partial charge in [0.15, 0.2) is 0 Å². The van der Waals surface area contributed by atoms with Crippen LogP contribution >= 0.6 is 0 Å². The maximum absolute atomic E-state index is 12.1. The molecule has 0 radical (unpaired) electrons. The van der Waals surface area contributed by atoms with Crippen molar-refractivity contribution in [1.82, 2.24) is 15.3 Å². The summed E-state index contributed by atoms with van der Waals surface area (Å²) in [5, 5.41) is 6.21. The zero-order chi connectivity index (χ0) is 13.1. The summed E-state index contributed by atoms with van der Waals surface area (Å²) in [5.41, 5.74) is 2.41. The van der Waals surface area contributed by atoms with Gasteiger partial charge >= 0.3 is 0 Å². The molecule has 0 unspecified atom stereocenters. The lowest BCUT2D eigenvalue weighted by atomic mass is 9.99. The van der Waals surface area contributed by atoms with Gasteiger partial charge in [-0.1, -0.05) is 0 Å². The van der Waals surface area contributed by atoms with E-state index in [9.17, 15) is 4.79 Å². The molecule has 1 aromatic carbocycles. The predicted octanol–water partition coefficient (Wildman–Crippen LogP) is 1.57. The first-order valence-corrected chi connectivity index (χ1v) is 6.55. The van der Waals surface area contributed by atoms with E-state index >= 15 is 0 Å². The average molecular weight is 256 g/mol. The number of nitrogens with one attached hydrogen (secondary N) is 2. The van der Waals surface area contributed by atoms with Gasteiger partial charge in [0.05, 0.1) is 17.0 Å². The normalized spacial score (nSPS) is 19.3. The summed E-state index contributed by atoms with van der Waals surface area (Å²) in [6.07, 6.45) is 5.32. The van der Waals surface area contributed by atoms with Crippen LogP contribution in [-0.4, -0.2) is 29.0 Å². The van der Waals surface area contributed by atoms with Gasteiger partial charge < -0.3 is 10.6 Å². The van der Waals surface area contributed by atoms with E-state index in [1.54, 1.807) is 12.4 Å². The highest BCUT2D eigenvalue weighted by Gasteiger charge is 2.20. The molecule has 1 fully saturated rings. The van der Waals surface area contributed by atoms with Gasteiger partial charge in [0, 0.05) is 24.6 Å². The van der Waals surface area contributed by atoms with Crippen molar-refractivity contribution in [3.8, 4) is 0 Å². The molecule has 0 spiro atoms. The van der Waals surface area contributed by atoms with Crippen molar-refractivity contribution in [2.45, 2.75) is 12.8 Å². The number of anilines is 1. The van der Waals surface area contributed by atoms with Crippen LogP contribution in [0.4, 0.5) is 5.69 Å². The molecule has 0 aliphatic carbocycles. The predicted molar refractivity (Wildman–Crippen MR) is 73.8 cm³/mol. The molecule has 1 aliphatic heterocycles. The number of piperidine rings is 1. The molecular formula is C14H16N4O. The topological polar surface area (TPSA) is 66.9 Å². The molecule has 5 heteroatoms. The molecule has 0 saturated carbocycles. The van der Waals surface area contributed by atoms with E-state index in [0.29, 0.717) is 0 Å². The highest BCUT2D eigenvalue weighted by atomic mass is 16.1. The molecule has 98 valence electrons. The molecule has 1 aromatic heterocycles. The van der Waals surface area contributed by atoms with Gasteiger partial charge in [-0.2, -0.15) is 0 Å². The summed E-state index contributed by atoms with van der Waals surface area (Å²) in [4.78, 5) is 20.6. The van der Waals surface area contributed by atoms with E-state index in [0.717, 1.165) is 42.7 Å². The zero-order valence-corrected chi connectivity index (χ0v) is 10.6. The Morgan fingerprint density at radius 1 is 1.26 bits per heavy atom. The number of amides is 1. The van der Waals surface area contributed by atoms with Gasteiger partial charge in [-0.05, 0) is 37.6 Å². The van der Waals surface area contributed by atoms with Gasteiger partial charge in [-0.25, -0.2) is 0 Å². The number of fused-ring (bicyclic) bond motifs is 1. The molecule has 1 saturated heterocycles. The summed E-state index contributed by atoms with van der Waals surface area (Å²) >= 11 is 0. The maximum Gasteiger partial charge on any atom is 0.228 e. The molecule has 1 atom stereocenters. The standard InChI is InChI=1S/C14H16N4O/c19-14(10-2-1-5-15-9-10)18-11-3-4-12-13(8-11)17-7-6-16-12/h3-4,6-8,10,15H,1-2,5,9H2,(H,18,19)/t10-/m1/s1. The van der Waals surface area contributed by atoms with Crippen molar-refractivity contribution < 1.29 is 4.79 Å². The van der Waals surface area contributed by atoms with Gasteiger partial charge in [0.2, 0.25) is 5.91 Å². The van der Waals surface area contributed by atoms with E-state index in [1.165, 1.54) is 0 Å². The Kier molecular flexibility index (Phi) is 3.37. The highest BCUT2D eigenvalue weighted by molar-refractivity contribution is 5.94. The number of aromatic nitrogens is 2. The van der Waals surface area contributed by atoms with Crippen molar-refractivity contribution in [3.05, 3.63) is 30.6 Å². The molecule has 0 bridgehead atoms. The largest absolute Gasteiger partial charge is 0.326 e. The number of hydrogen-bond acceptors (Lipinski definition) is 4. The Bertz CT molecular complexity index is 593. The second kappa shape index (κ2) is 5.32. The van der Waals surface area contributed by atoms with Crippen molar-refractivity contribution >= 4 is 22.6 Å². The van der Waals surface area contributed by atoms with Crippen LogP contribution in [0.5, 0.6) is 0 Å². The lowest BCUT2D eigenvalue weighted by Crippen LogP contribution is -2.37. The summed E-state index contributed by atoms with van der Waals surface area (Å²) in [6, 6.07) is 5.60. The van der Waals surface area contributed by atoms with Crippen molar-refractivity contribution in [3.63, 3.8) is 0 Å². The number of rotatable bonds is 2. The quantitative estimate of drug-likeness (QED) is 0.856. The molecule has 2 heterocycles. The fraction of sp³-hybridized carbons (Fsp3) is 0.357. The first-order valence-electron chi connectivity index (χ1n) is 6.55. The zero-order valence-electron chi connectivity index (χ0n) is 10.6. The Labute approximate surface area is 111 Å². The third-order valence-electron chi connectivity index (χ3n) is 3.40. The van der Waals surface area contributed by atoms with Crippen LogP contribution in [0.25, 0.3) is 11.0 Å². The van der Waals surface area contributed by atoms with Crippen LogP contribution in [0.3, 0.4) is 0 Å². The third-order valence-corrected chi connectivity index (χ3v) is 3.40. The van der Waals surface area contributed by atoms with Crippen molar-refractivity contribution in [2.75, 3.05) is 18.4 Å². The van der Waals surface area contributed by atoms with E-state index < -0.39 is 0 Å². The Morgan fingerprint density at radius 2 is 2.11 bits per heavy atom. The third kappa shape index (κ3) is 2.71. The highest BCUT2D eigenvalue weighted by Crippen LogP contribution is 2.17. The molecule has 3 rings (SSSR count). The second-order valence-electron chi connectivity index (χ2n) is 4.79. The molecular weight excluding hydrogens is 240 g/mol. The number of benzene rings is 1. The average Bonchev–Trinajstić information content (AvgIpc) is 2.48. The van der Waals surface area contributed by atoms with E-state index in [2.05, 4.69) is 20.6 Å². The summed E-state index contributed by atoms with van der Waals surface area (Å²) in [5.74, 6) is 0.141. The number of carbonyl (C=O) groups is 1. The molecule has 1 amide bonds. The molecule has 1 aliphatic rings. The molecule has 19 heavy (non-hydrogen) atoms.